The molecule has 2 aliphatic heterocycles. The lowest BCUT2D eigenvalue weighted by Gasteiger charge is -2.39. The fourth-order valence-corrected chi connectivity index (χ4v) is 4.85. The second kappa shape index (κ2) is 9.72. The van der Waals surface area contributed by atoms with E-state index in [1.807, 2.05) is 18.2 Å². The average molecular weight is 429 g/mol. The summed E-state index contributed by atoms with van der Waals surface area (Å²) < 4.78 is 11.3. The van der Waals surface area contributed by atoms with Crippen LogP contribution in [0.3, 0.4) is 0 Å². The van der Waals surface area contributed by atoms with Crippen LogP contribution in [0.4, 0.5) is 0 Å². The van der Waals surface area contributed by atoms with E-state index in [2.05, 4.69) is 24.1 Å². The van der Waals surface area contributed by atoms with Crippen molar-refractivity contribution in [3.63, 3.8) is 0 Å². The van der Waals surface area contributed by atoms with Crippen molar-refractivity contribution in [2.24, 2.45) is 5.92 Å². The maximum atomic E-state index is 12.5. The quantitative estimate of drug-likeness (QED) is 0.663. The summed E-state index contributed by atoms with van der Waals surface area (Å²) in [6.07, 6.45) is 6.00. The minimum atomic E-state index is -0.821. The Morgan fingerprint density at radius 1 is 1.26 bits per heavy atom. The fourth-order valence-electron chi connectivity index (χ4n) is 4.85. The van der Waals surface area contributed by atoms with E-state index in [-0.39, 0.29) is 12.0 Å². The number of nitrogens with one attached hydrogen (secondary N) is 1. The number of aliphatic hydroxyl groups is 1. The first kappa shape index (κ1) is 22.3. The van der Waals surface area contributed by atoms with E-state index in [4.69, 9.17) is 9.15 Å². The van der Waals surface area contributed by atoms with Crippen LogP contribution >= 0.6 is 0 Å². The van der Waals surface area contributed by atoms with Crippen molar-refractivity contribution in [2.75, 3.05) is 32.8 Å². The first-order valence-electron chi connectivity index (χ1n) is 11.9. The lowest BCUT2D eigenvalue weighted by atomic mass is 9.83. The van der Waals surface area contributed by atoms with Gasteiger partial charge in [0.2, 0.25) is 0 Å². The minimum Gasteiger partial charge on any atom is -0.451 e. The van der Waals surface area contributed by atoms with Gasteiger partial charge in [-0.25, -0.2) is 0 Å². The summed E-state index contributed by atoms with van der Waals surface area (Å²) in [4.78, 5) is 15.0. The van der Waals surface area contributed by atoms with Gasteiger partial charge in [0.1, 0.15) is 5.58 Å². The topological polar surface area (TPSA) is 74.9 Å². The van der Waals surface area contributed by atoms with Crippen molar-refractivity contribution in [1.82, 2.24) is 10.2 Å². The van der Waals surface area contributed by atoms with E-state index in [9.17, 15) is 9.90 Å². The summed E-state index contributed by atoms with van der Waals surface area (Å²) in [7, 11) is 0. The number of amides is 1. The summed E-state index contributed by atoms with van der Waals surface area (Å²) >= 11 is 0. The third-order valence-electron chi connectivity index (χ3n) is 7.15. The molecule has 1 aromatic heterocycles. The van der Waals surface area contributed by atoms with Crippen molar-refractivity contribution in [1.29, 1.82) is 0 Å². The molecular weight excluding hydrogens is 392 g/mol. The molecule has 2 saturated heterocycles. The molecule has 2 aliphatic rings. The van der Waals surface area contributed by atoms with Crippen molar-refractivity contribution >= 4 is 16.9 Å². The number of carbonyl (C=O) groups is 1. The highest BCUT2D eigenvalue weighted by atomic mass is 16.5. The molecule has 3 heterocycles. The molecule has 1 atom stereocenters. The monoisotopic (exact) mass is 428 g/mol. The summed E-state index contributed by atoms with van der Waals surface area (Å²) in [5.74, 6) is 0.817. The molecule has 0 saturated carbocycles. The van der Waals surface area contributed by atoms with E-state index in [1.54, 1.807) is 6.07 Å². The number of benzene rings is 1. The van der Waals surface area contributed by atoms with E-state index in [0.29, 0.717) is 17.9 Å². The maximum absolute atomic E-state index is 12.5. The number of ether oxygens (including phenoxy) is 1. The molecule has 170 valence electrons. The second-order valence-electron chi connectivity index (χ2n) is 9.22. The van der Waals surface area contributed by atoms with Crippen LogP contribution in [0, 0.1) is 5.92 Å². The largest absolute Gasteiger partial charge is 0.451 e. The molecule has 6 heteroatoms. The van der Waals surface area contributed by atoms with Crippen LogP contribution in [0.25, 0.3) is 11.0 Å². The molecule has 0 spiro atoms. The molecule has 0 radical (unpaired) electrons. The number of fused-ring (bicyclic) bond motifs is 1. The fraction of sp³-hybridized carbons (Fsp3) is 0.640. The van der Waals surface area contributed by atoms with Gasteiger partial charge in [0, 0.05) is 38.2 Å². The molecule has 1 aromatic carbocycles. The molecule has 1 amide bonds. The lowest BCUT2D eigenvalue weighted by molar-refractivity contribution is -0.0289. The van der Waals surface area contributed by atoms with E-state index >= 15 is 0 Å². The van der Waals surface area contributed by atoms with E-state index in [1.165, 1.54) is 12.8 Å². The Balaban J connectivity index is 1.40. The van der Waals surface area contributed by atoms with Gasteiger partial charge >= 0.3 is 0 Å². The zero-order valence-electron chi connectivity index (χ0n) is 18.9. The standard InChI is InChI=1S/C25H36N2O4/c1-3-18(4-2)17-27-11-9-25(29,10-12-27)20-7-8-22-19(14-20)15-23(31-22)24(28)26-16-21-6-5-13-30-21/h7-8,14-15,18,21,29H,3-6,9-13,16-17H2,1-2H3,(H,26,28)/t21-/m1/s1. The lowest BCUT2D eigenvalue weighted by Crippen LogP contribution is -2.44. The van der Waals surface area contributed by atoms with Gasteiger partial charge in [-0.2, -0.15) is 0 Å². The highest BCUT2D eigenvalue weighted by Gasteiger charge is 2.34. The first-order chi connectivity index (χ1) is 15.0. The predicted molar refractivity (Wildman–Crippen MR) is 121 cm³/mol. The second-order valence-corrected chi connectivity index (χ2v) is 9.22. The summed E-state index contributed by atoms with van der Waals surface area (Å²) in [6, 6.07) is 7.56. The molecule has 0 aliphatic carbocycles. The number of nitrogens with zero attached hydrogens (tertiary/aromatic N) is 1. The Hall–Kier alpha value is -1.89. The molecule has 31 heavy (non-hydrogen) atoms. The first-order valence-corrected chi connectivity index (χ1v) is 11.9. The molecular formula is C25H36N2O4. The zero-order valence-corrected chi connectivity index (χ0v) is 18.9. The summed E-state index contributed by atoms with van der Waals surface area (Å²) in [6.45, 7) is 8.73. The Bertz CT molecular complexity index is 875. The number of rotatable bonds is 8. The van der Waals surface area contributed by atoms with Crippen molar-refractivity contribution in [3.05, 3.63) is 35.6 Å². The average Bonchev–Trinajstić information content (AvgIpc) is 3.46. The van der Waals surface area contributed by atoms with Gasteiger partial charge in [0.25, 0.3) is 5.91 Å². The van der Waals surface area contributed by atoms with Gasteiger partial charge in [-0.05, 0) is 55.4 Å². The van der Waals surface area contributed by atoms with Gasteiger partial charge < -0.3 is 24.5 Å². The number of furan rings is 1. The van der Waals surface area contributed by atoms with Crippen LogP contribution in [0.2, 0.25) is 0 Å². The van der Waals surface area contributed by atoms with Crippen LogP contribution in [-0.4, -0.2) is 54.8 Å². The van der Waals surface area contributed by atoms with Crippen LogP contribution in [0.5, 0.6) is 0 Å². The van der Waals surface area contributed by atoms with Crippen LogP contribution in [0.1, 0.15) is 68.5 Å². The van der Waals surface area contributed by atoms with Crippen molar-refractivity contribution < 1.29 is 19.1 Å². The predicted octanol–water partition coefficient (Wildman–Crippen LogP) is 4.06. The summed E-state index contributed by atoms with van der Waals surface area (Å²) in [5.41, 5.74) is 0.757. The van der Waals surface area contributed by atoms with Gasteiger partial charge in [-0.15, -0.1) is 0 Å². The molecule has 2 fully saturated rings. The Morgan fingerprint density at radius 3 is 2.71 bits per heavy atom. The van der Waals surface area contributed by atoms with Gasteiger partial charge in [-0.1, -0.05) is 32.8 Å². The number of hydrogen-bond donors (Lipinski definition) is 2. The molecule has 2 N–H and O–H groups in total. The van der Waals surface area contributed by atoms with Gasteiger partial charge in [0.05, 0.1) is 11.7 Å². The minimum absolute atomic E-state index is 0.102. The molecule has 0 bridgehead atoms. The third kappa shape index (κ3) is 5.13. The van der Waals surface area contributed by atoms with E-state index < -0.39 is 5.60 Å². The molecule has 4 rings (SSSR count). The Labute approximate surface area is 184 Å². The normalized spacial score (nSPS) is 21.7. The smallest absolute Gasteiger partial charge is 0.287 e. The highest BCUT2D eigenvalue weighted by Crippen LogP contribution is 2.35. The SMILES string of the molecule is CCC(CC)CN1CCC(O)(c2ccc3oc(C(=O)NC[C@H]4CCCO4)cc3c2)CC1. The maximum Gasteiger partial charge on any atom is 0.287 e. The Morgan fingerprint density at radius 2 is 2.03 bits per heavy atom. The van der Waals surface area contributed by atoms with Crippen LogP contribution in [-0.2, 0) is 10.3 Å². The van der Waals surface area contributed by atoms with Gasteiger partial charge in [0.15, 0.2) is 5.76 Å². The number of carbonyl (C=O) groups excluding carboxylic acids is 1. The van der Waals surface area contributed by atoms with Crippen LogP contribution in [0.15, 0.2) is 28.7 Å². The van der Waals surface area contributed by atoms with E-state index in [0.717, 1.165) is 68.8 Å². The number of piperidine rings is 1. The number of hydrogen-bond acceptors (Lipinski definition) is 5. The van der Waals surface area contributed by atoms with Crippen molar-refractivity contribution in [3.8, 4) is 0 Å². The van der Waals surface area contributed by atoms with Gasteiger partial charge in [-0.3, -0.25) is 4.79 Å². The third-order valence-corrected chi connectivity index (χ3v) is 7.15. The summed E-state index contributed by atoms with van der Waals surface area (Å²) in [5, 5.41) is 15.1. The molecule has 6 nitrogen and oxygen atoms in total. The molecule has 2 aromatic rings. The highest BCUT2D eigenvalue weighted by molar-refractivity contribution is 5.96. The number of likely N-dealkylation sites (tertiary alicyclic amines) is 1. The van der Waals surface area contributed by atoms with Crippen molar-refractivity contribution in [2.45, 2.75) is 64.1 Å². The zero-order chi connectivity index (χ0) is 21.8. The Kier molecular flexibility index (Phi) is 6.99. The van der Waals surface area contributed by atoms with Crippen LogP contribution < -0.4 is 5.32 Å². The molecule has 0 unspecified atom stereocenters.